The van der Waals surface area contributed by atoms with Crippen LogP contribution >= 0.6 is 0 Å². The highest BCUT2D eigenvalue weighted by Crippen LogP contribution is 2.16. The minimum absolute atomic E-state index is 0.0610. The van der Waals surface area contributed by atoms with Gasteiger partial charge in [0.2, 0.25) is 10.0 Å². The summed E-state index contributed by atoms with van der Waals surface area (Å²) in [6, 6.07) is 2.81. The Morgan fingerprint density at radius 1 is 1.33 bits per heavy atom. The van der Waals surface area contributed by atoms with Crippen LogP contribution in [0.1, 0.15) is 12.8 Å². The summed E-state index contributed by atoms with van der Waals surface area (Å²) in [6.07, 6.45) is -0.153. The van der Waals surface area contributed by atoms with Crippen molar-refractivity contribution in [2.24, 2.45) is 0 Å². The molecule has 1 aromatic carbocycles. The van der Waals surface area contributed by atoms with Crippen LogP contribution in [-0.4, -0.2) is 26.0 Å². The number of halogens is 2. The zero-order valence-corrected chi connectivity index (χ0v) is 10.0. The zero-order valence-electron chi connectivity index (χ0n) is 9.19. The van der Waals surface area contributed by atoms with Gasteiger partial charge in [0.25, 0.3) is 0 Å². The van der Waals surface area contributed by atoms with Crippen molar-refractivity contribution in [2.45, 2.75) is 17.7 Å². The zero-order chi connectivity index (χ0) is 13.8. The number of carboxylic acids is 1. The van der Waals surface area contributed by atoms with Crippen LogP contribution in [0.4, 0.5) is 8.78 Å². The molecule has 5 nitrogen and oxygen atoms in total. The molecular weight excluding hydrogens is 268 g/mol. The molecule has 0 saturated heterocycles. The van der Waals surface area contributed by atoms with E-state index in [1.807, 2.05) is 4.72 Å². The summed E-state index contributed by atoms with van der Waals surface area (Å²) in [4.78, 5) is 9.41. The molecular formula is C10H11F2NO4S. The van der Waals surface area contributed by atoms with E-state index in [2.05, 4.69) is 0 Å². The molecule has 0 aliphatic carbocycles. The van der Waals surface area contributed by atoms with Gasteiger partial charge in [-0.25, -0.2) is 21.9 Å². The van der Waals surface area contributed by atoms with E-state index in [0.29, 0.717) is 0 Å². The average Bonchev–Trinajstić information content (AvgIpc) is 2.28. The number of aliphatic carboxylic acids is 1. The normalized spacial score (nSPS) is 11.4. The Bertz CT molecular complexity index is 545. The highest BCUT2D eigenvalue weighted by atomic mass is 32.2. The average molecular weight is 279 g/mol. The first-order valence-corrected chi connectivity index (χ1v) is 6.48. The molecule has 0 saturated carbocycles. The Kier molecular flexibility index (Phi) is 4.74. The molecule has 0 radical (unpaired) electrons. The quantitative estimate of drug-likeness (QED) is 0.764. The molecule has 0 fully saturated rings. The van der Waals surface area contributed by atoms with Crippen molar-refractivity contribution in [1.82, 2.24) is 4.72 Å². The third-order valence-electron chi connectivity index (χ3n) is 2.07. The summed E-state index contributed by atoms with van der Waals surface area (Å²) in [5, 5.41) is 8.35. The Morgan fingerprint density at radius 3 is 2.61 bits per heavy atom. The molecule has 0 heterocycles. The van der Waals surface area contributed by atoms with Gasteiger partial charge >= 0.3 is 5.97 Å². The van der Waals surface area contributed by atoms with E-state index in [9.17, 15) is 22.0 Å². The summed E-state index contributed by atoms with van der Waals surface area (Å²) in [7, 11) is -4.17. The van der Waals surface area contributed by atoms with Gasteiger partial charge in [0, 0.05) is 13.0 Å². The number of sulfonamides is 1. The fourth-order valence-corrected chi connectivity index (χ4v) is 2.38. The molecule has 1 rings (SSSR count). The fourth-order valence-electron chi connectivity index (χ4n) is 1.22. The third-order valence-corrected chi connectivity index (χ3v) is 3.54. The predicted molar refractivity (Wildman–Crippen MR) is 58.4 cm³/mol. The van der Waals surface area contributed by atoms with Crippen molar-refractivity contribution in [3.05, 3.63) is 29.8 Å². The van der Waals surface area contributed by atoms with Crippen molar-refractivity contribution in [3.63, 3.8) is 0 Å². The molecule has 1 aromatic rings. The molecule has 0 spiro atoms. The van der Waals surface area contributed by atoms with Crippen LogP contribution in [0.25, 0.3) is 0 Å². The number of hydrogen-bond acceptors (Lipinski definition) is 3. The Hall–Kier alpha value is -1.54. The second-order valence-electron chi connectivity index (χ2n) is 3.45. The minimum atomic E-state index is -4.17. The van der Waals surface area contributed by atoms with Crippen LogP contribution in [0.3, 0.4) is 0 Å². The van der Waals surface area contributed by atoms with E-state index in [4.69, 9.17) is 5.11 Å². The van der Waals surface area contributed by atoms with E-state index in [0.717, 1.165) is 18.2 Å². The number of benzene rings is 1. The maximum atomic E-state index is 13.2. The molecule has 0 aliphatic heterocycles. The van der Waals surface area contributed by atoms with Crippen LogP contribution in [0.2, 0.25) is 0 Å². The van der Waals surface area contributed by atoms with Crippen molar-refractivity contribution in [2.75, 3.05) is 6.54 Å². The Morgan fingerprint density at radius 2 is 2.00 bits per heavy atom. The molecule has 0 amide bonds. The predicted octanol–water partition coefficient (Wildman–Crippen LogP) is 1.11. The van der Waals surface area contributed by atoms with Crippen LogP contribution in [0.5, 0.6) is 0 Å². The van der Waals surface area contributed by atoms with Crippen LogP contribution in [0, 0.1) is 11.6 Å². The van der Waals surface area contributed by atoms with Crippen LogP contribution in [-0.2, 0) is 14.8 Å². The smallest absolute Gasteiger partial charge is 0.303 e. The summed E-state index contributed by atoms with van der Waals surface area (Å²) in [6.45, 7) is -0.162. The van der Waals surface area contributed by atoms with E-state index >= 15 is 0 Å². The first-order chi connectivity index (χ1) is 8.34. The lowest BCUT2D eigenvalue weighted by molar-refractivity contribution is -0.137. The molecule has 2 N–H and O–H groups in total. The largest absolute Gasteiger partial charge is 0.481 e. The number of nitrogens with one attached hydrogen (secondary N) is 1. The number of carbonyl (C=O) groups is 1. The standard InChI is InChI=1S/C10H11F2NO4S/c11-7-3-1-4-8(10(7)12)18(16,17)13-6-2-5-9(14)15/h1,3-4,13H,2,5-6H2,(H,14,15). The summed E-state index contributed by atoms with van der Waals surface area (Å²) in [5.41, 5.74) is 0. The maximum Gasteiger partial charge on any atom is 0.303 e. The summed E-state index contributed by atoms with van der Waals surface area (Å²) < 4.78 is 51.3. The monoisotopic (exact) mass is 279 g/mol. The van der Waals surface area contributed by atoms with Crippen LogP contribution < -0.4 is 4.72 Å². The van der Waals surface area contributed by atoms with E-state index < -0.39 is 32.5 Å². The second-order valence-corrected chi connectivity index (χ2v) is 5.18. The Balaban J connectivity index is 2.75. The first-order valence-electron chi connectivity index (χ1n) is 5.00. The molecule has 0 atom stereocenters. The van der Waals surface area contributed by atoms with Gasteiger partial charge in [-0.2, -0.15) is 0 Å². The molecule has 0 aliphatic rings. The number of carboxylic acid groups (broad SMARTS) is 1. The lowest BCUT2D eigenvalue weighted by atomic mass is 10.3. The molecule has 100 valence electrons. The van der Waals surface area contributed by atoms with Gasteiger partial charge in [0.15, 0.2) is 11.6 Å². The van der Waals surface area contributed by atoms with Gasteiger partial charge in [-0.05, 0) is 18.6 Å². The SMILES string of the molecule is O=C(O)CCCNS(=O)(=O)c1cccc(F)c1F. The van der Waals surface area contributed by atoms with Gasteiger partial charge in [-0.1, -0.05) is 6.07 Å². The van der Waals surface area contributed by atoms with Gasteiger partial charge in [-0.3, -0.25) is 4.79 Å². The van der Waals surface area contributed by atoms with E-state index in [1.165, 1.54) is 0 Å². The summed E-state index contributed by atoms with van der Waals surface area (Å²) >= 11 is 0. The van der Waals surface area contributed by atoms with Gasteiger partial charge < -0.3 is 5.11 Å². The lowest BCUT2D eigenvalue weighted by Crippen LogP contribution is -2.26. The highest BCUT2D eigenvalue weighted by molar-refractivity contribution is 7.89. The molecule has 0 unspecified atom stereocenters. The van der Waals surface area contributed by atoms with Crippen molar-refractivity contribution in [3.8, 4) is 0 Å². The van der Waals surface area contributed by atoms with Crippen LogP contribution in [0.15, 0.2) is 23.1 Å². The molecule has 0 bridgehead atoms. The molecule has 0 aromatic heterocycles. The molecule has 18 heavy (non-hydrogen) atoms. The lowest BCUT2D eigenvalue weighted by Gasteiger charge is -2.07. The van der Waals surface area contributed by atoms with Gasteiger partial charge in [-0.15, -0.1) is 0 Å². The topological polar surface area (TPSA) is 83.5 Å². The second kappa shape index (κ2) is 5.87. The van der Waals surface area contributed by atoms with E-state index in [-0.39, 0.29) is 19.4 Å². The maximum absolute atomic E-state index is 13.2. The van der Waals surface area contributed by atoms with Gasteiger partial charge in [0.05, 0.1) is 0 Å². The summed E-state index contributed by atoms with van der Waals surface area (Å²) in [5.74, 6) is -3.78. The number of hydrogen-bond donors (Lipinski definition) is 2. The van der Waals surface area contributed by atoms with Gasteiger partial charge in [0.1, 0.15) is 4.90 Å². The number of rotatable bonds is 6. The Labute approximate surface area is 102 Å². The fraction of sp³-hybridized carbons (Fsp3) is 0.300. The van der Waals surface area contributed by atoms with Crippen molar-refractivity contribution >= 4 is 16.0 Å². The minimum Gasteiger partial charge on any atom is -0.481 e. The molecule has 8 heteroatoms. The van der Waals surface area contributed by atoms with Crippen molar-refractivity contribution < 1.29 is 27.1 Å². The van der Waals surface area contributed by atoms with Crippen molar-refractivity contribution in [1.29, 1.82) is 0 Å². The third kappa shape index (κ3) is 3.74. The first kappa shape index (κ1) is 14.5. The highest BCUT2D eigenvalue weighted by Gasteiger charge is 2.20. The van der Waals surface area contributed by atoms with E-state index in [1.54, 1.807) is 0 Å².